The summed E-state index contributed by atoms with van der Waals surface area (Å²) in [5, 5.41) is 7.29. The summed E-state index contributed by atoms with van der Waals surface area (Å²) < 4.78 is 18.3. The molecule has 1 aromatic heterocycles. The summed E-state index contributed by atoms with van der Waals surface area (Å²) in [5.74, 6) is 0.859. The van der Waals surface area contributed by atoms with Crippen LogP contribution in [0.25, 0.3) is 11.4 Å². The van der Waals surface area contributed by atoms with Crippen LogP contribution >= 0.6 is 12.4 Å². The van der Waals surface area contributed by atoms with Crippen LogP contribution in [0.3, 0.4) is 0 Å². The highest BCUT2D eigenvalue weighted by Crippen LogP contribution is 2.18. The number of benzene rings is 1. The van der Waals surface area contributed by atoms with Gasteiger partial charge < -0.3 is 14.7 Å². The van der Waals surface area contributed by atoms with Gasteiger partial charge in [0.25, 0.3) is 0 Å². The average molecular weight is 411 g/mol. The van der Waals surface area contributed by atoms with Crippen LogP contribution in [0.1, 0.15) is 44.9 Å². The smallest absolute Gasteiger partial charge is 0.226 e. The third-order valence-corrected chi connectivity index (χ3v) is 4.89. The highest BCUT2D eigenvalue weighted by Gasteiger charge is 2.24. The summed E-state index contributed by atoms with van der Waals surface area (Å²) in [6.45, 7) is 4.88. The van der Waals surface area contributed by atoms with Gasteiger partial charge in [-0.3, -0.25) is 4.79 Å². The molecule has 6 nitrogen and oxygen atoms in total. The fourth-order valence-corrected chi connectivity index (χ4v) is 3.48. The van der Waals surface area contributed by atoms with Crippen molar-refractivity contribution in [3.63, 3.8) is 0 Å². The first kappa shape index (κ1) is 22.3. The van der Waals surface area contributed by atoms with Gasteiger partial charge in [-0.1, -0.05) is 12.1 Å². The van der Waals surface area contributed by atoms with E-state index >= 15 is 0 Å². The number of hydrogen-bond acceptors (Lipinski definition) is 5. The number of halogens is 2. The van der Waals surface area contributed by atoms with Gasteiger partial charge in [0.15, 0.2) is 0 Å². The quantitative estimate of drug-likeness (QED) is 0.719. The standard InChI is InChI=1S/C20H27FN4O2.ClH/c1-2-14-25(17-10-12-22-13-11-17)19(26)5-3-4-18-23-20(24-27-18)15-6-8-16(21)9-7-15;/h6-9,17,22H,2-5,10-14H2,1H3;1H. The number of piperidine rings is 1. The number of nitrogens with one attached hydrogen (secondary N) is 1. The average Bonchev–Trinajstić information content (AvgIpc) is 3.16. The third-order valence-electron chi connectivity index (χ3n) is 4.89. The van der Waals surface area contributed by atoms with Crippen LogP contribution in [0, 0.1) is 5.82 Å². The van der Waals surface area contributed by atoms with E-state index in [-0.39, 0.29) is 24.1 Å². The molecule has 28 heavy (non-hydrogen) atoms. The van der Waals surface area contributed by atoms with Crippen LogP contribution in [0.4, 0.5) is 4.39 Å². The number of carbonyl (C=O) groups excluding carboxylic acids is 1. The molecule has 8 heteroatoms. The van der Waals surface area contributed by atoms with E-state index in [1.165, 1.54) is 12.1 Å². The maximum Gasteiger partial charge on any atom is 0.226 e. The SMILES string of the molecule is CCCN(C(=O)CCCc1nc(-c2ccc(F)cc2)no1)C1CCNCC1.Cl. The van der Waals surface area contributed by atoms with Crippen molar-refractivity contribution in [1.82, 2.24) is 20.4 Å². The number of aromatic nitrogens is 2. The van der Waals surface area contributed by atoms with Gasteiger partial charge in [0.05, 0.1) is 0 Å². The Morgan fingerprint density at radius 1 is 1.29 bits per heavy atom. The Morgan fingerprint density at radius 3 is 2.68 bits per heavy atom. The Morgan fingerprint density at radius 2 is 2.00 bits per heavy atom. The topological polar surface area (TPSA) is 71.3 Å². The summed E-state index contributed by atoms with van der Waals surface area (Å²) in [4.78, 5) is 19.1. The molecule has 1 N–H and O–H groups in total. The minimum atomic E-state index is -0.300. The van der Waals surface area contributed by atoms with Crippen LogP contribution in [-0.2, 0) is 11.2 Å². The first-order chi connectivity index (χ1) is 13.2. The summed E-state index contributed by atoms with van der Waals surface area (Å²) >= 11 is 0. The van der Waals surface area contributed by atoms with Crippen LogP contribution in [0.5, 0.6) is 0 Å². The molecule has 1 aliphatic heterocycles. The van der Waals surface area contributed by atoms with Crippen molar-refractivity contribution in [2.75, 3.05) is 19.6 Å². The molecule has 0 atom stereocenters. The Hall–Kier alpha value is -1.99. The van der Waals surface area contributed by atoms with Crippen molar-refractivity contribution in [3.05, 3.63) is 36.0 Å². The van der Waals surface area contributed by atoms with Gasteiger partial charge in [0.1, 0.15) is 5.82 Å². The van der Waals surface area contributed by atoms with E-state index < -0.39 is 0 Å². The lowest BCUT2D eigenvalue weighted by Crippen LogP contribution is -2.46. The van der Waals surface area contributed by atoms with E-state index in [1.807, 2.05) is 0 Å². The number of aryl methyl sites for hydroxylation is 1. The second kappa shape index (κ2) is 11.1. The van der Waals surface area contributed by atoms with E-state index in [2.05, 4.69) is 27.3 Å². The zero-order valence-corrected chi connectivity index (χ0v) is 17.0. The lowest BCUT2D eigenvalue weighted by molar-refractivity contribution is -0.134. The maximum absolute atomic E-state index is 13.0. The Labute approximate surface area is 171 Å². The molecule has 1 saturated heterocycles. The largest absolute Gasteiger partial charge is 0.340 e. The van der Waals surface area contributed by atoms with Crippen molar-refractivity contribution < 1.29 is 13.7 Å². The molecule has 154 valence electrons. The van der Waals surface area contributed by atoms with Gasteiger partial charge in [-0.05, 0) is 63.0 Å². The first-order valence-corrected chi connectivity index (χ1v) is 9.76. The zero-order chi connectivity index (χ0) is 19.1. The van der Waals surface area contributed by atoms with E-state index in [4.69, 9.17) is 4.52 Å². The number of nitrogens with zero attached hydrogens (tertiary/aromatic N) is 3. The van der Waals surface area contributed by atoms with E-state index in [0.717, 1.165) is 38.9 Å². The van der Waals surface area contributed by atoms with Gasteiger partial charge in [-0.25, -0.2) is 4.39 Å². The predicted molar refractivity (Wildman–Crippen MR) is 108 cm³/mol. The van der Waals surface area contributed by atoms with E-state index in [9.17, 15) is 9.18 Å². The van der Waals surface area contributed by atoms with Crippen molar-refractivity contribution in [2.45, 2.75) is 51.5 Å². The lowest BCUT2D eigenvalue weighted by atomic mass is 10.0. The van der Waals surface area contributed by atoms with Crippen LogP contribution < -0.4 is 5.32 Å². The molecule has 1 fully saturated rings. The maximum atomic E-state index is 13.0. The molecular weight excluding hydrogens is 383 g/mol. The molecule has 0 spiro atoms. The number of amides is 1. The van der Waals surface area contributed by atoms with Crippen LogP contribution in [0.2, 0.25) is 0 Å². The van der Waals surface area contributed by atoms with Gasteiger partial charge >= 0.3 is 0 Å². The van der Waals surface area contributed by atoms with E-state index in [1.54, 1.807) is 12.1 Å². The van der Waals surface area contributed by atoms with Crippen LogP contribution in [0.15, 0.2) is 28.8 Å². The number of hydrogen-bond donors (Lipinski definition) is 1. The molecule has 3 rings (SSSR count). The van der Waals surface area contributed by atoms with Crippen molar-refractivity contribution >= 4 is 18.3 Å². The monoisotopic (exact) mass is 410 g/mol. The fourth-order valence-electron chi connectivity index (χ4n) is 3.48. The van der Waals surface area contributed by atoms with Gasteiger partial charge in [-0.15, -0.1) is 12.4 Å². The number of rotatable bonds is 8. The van der Waals surface area contributed by atoms with Crippen molar-refractivity contribution in [3.8, 4) is 11.4 Å². The van der Waals surface area contributed by atoms with Gasteiger partial charge in [-0.2, -0.15) is 4.98 Å². The summed E-state index contributed by atoms with van der Waals surface area (Å²) in [6.07, 6.45) is 4.74. The molecule has 2 aromatic rings. The minimum absolute atomic E-state index is 0. The first-order valence-electron chi connectivity index (χ1n) is 9.76. The molecule has 0 saturated carbocycles. The normalized spacial score (nSPS) is 14.5. The molecule has 0 aliphatic carbocycles. The third kappa shape index (κ3) is 6.01. The minimum Gasteiger partial charge on any atom is -0.340 e. The van der Waals surface area contributed by atoms with Gasteiger partial charge in [0, 0.05) is 31.0 Å². The van der Waals surface area contributed by atoms with Crippen molar-refractivity contribution in [2.24, 2.45) is 0 Å². The second-order valence-electron chi connectivity index (χ2n) is 6.94. The lowest BCUT2D eigenvalue weighted by Gasteiger charge is -2.34. The zero-order valence-electron chi connectivity index (χ0n) is 16.2. The summed E-state index contributed by atoms with van der Waals surface area (Å²) in [7, 11) is 0. The van der Waals surface area contributed by atoms with Crippen LogP contribution in [-0.4, -0.2) is 46.6 Å². The Kier molecular flexibility index (Phi) is 8.86. The molecule has 1 amide bonds. The number of carbonyl (C=O) groups is 1. The highest BCUT2D eigenvalue weighted by atomic mass is 35.5. The predicted octanol–water partition coefficient (Wildman–Crippen LogP) is 3.61. The molecular formula is C20H28ClFN4O2. The van der Waals surface area contributed by atoms with E-state index in [0.29, 0.717) is 42.6 Å². The summed E-state index contributed by atoms with van der Waals surface area (Å²) in [6, 6.07) is 6.33. The summed E-state index contributed by atoms with van der Waals surface area (Å²) in [5.41, 5.74) is 0.711. The molecule has 1 aliphatic rings. The molecule has 1 aromatic carbocycles. The van der Waals surface area contributed by atoms with Gasteiger partial charge in [0.2, 0.25) is 17.6 Å². The second-order valence-corrected chi connectivity index (χ2v) is 6.94. The highest BCUT2D eigenvalue weighted by molar-refractivity contribution is 5.85. The Bertz CT molecular complexity index is 732. The molecule has 0 bridgehead atoms. The van der Waals surface area contributed by atoms with Crippen molar-refractivity contribution in [1.29, 1.82) is 0 Å². The molecule has 2 heterocycles. The molecule has 0 radical (unpaired) electrons. The molecule has 0 unspecified atom stereocenters. The Balaban J connectivity index is 0.00000280. The fraction of sp³-hybridized carbons (Fsp3) is 0.550.